The van der Waals surface area contributed by atoms with Crippen LogP contribution < -0.4 is 0 Å². The summed E-state index contributed by atoms with van der Waals surface area (Å²) in [6, 6.07) is 8.72. The van der Waals surface area contributed by atoms with E-state index in [1.165, 1.54) is 30.0 Å². The van der Waals surface area contributed by atoms with Crippen LogP contribution in [0.25, 0.3) is 0 Å². The molecule has 0 aliphatic carbocycles. The monoisotopic (exact) mass is 260 g/mol. The molecule has 1 rings (SSSR count). The number of carbonyl (C=O) groups excluding carboxylic acids is 1. The molecule has 0 atom stereocenters. The third-order valence-electron chi connectivity index (χ3n) is 3.13. The van der Waals surface area contributed by atoms with E-state index in [0.717, 1.165) is 25.7 Å². The van der Waals surface area contributed by atoms with Gasteiger partial charge in [-0.25, -0.2) is 0 Å². The van der Waals surface area contributed by atoms with Gasteiger partial charge in [-0.15, -0.1) is 0 Å². The van der Waals surface area contributed by atoms with E-state index in [4.69, 9.17) is 4.74 Å². The van der Waals surface area contributed by atoms with Crippen LogP contribution in [0.5, 0.6) is 0 Å². The minimum absolute atomic E-state index is 0.216. The summed E-state index contributed by atoms with van der Waals surface area (Å²) in [6.07, 6.45) is 5.25. The number of hydrogen-bond acceptors (Lipinski definition) is 2. The molecule has 19 heavy (non-hydrogen) atoms. The van der Waals surface area contributed by atoms with Gasteiger partial charge in [-0.1, -0.05) is 42.0 Å². The van der Waals surface area contributed by atoms with Gasteiger partial charge in [-0.3, -0.25) is 4.79 Å². The Labute approximate surface area is 116 Å². The van der Waals surface area contributed by atoms with Crippen molar-refractivity contribution in [1.82, 2.24) is 0 Å². The molecule has 0 bridgehead atoms. The van der Waals surface area contributed by atoms with E-state index in [1.807, 2.05) is 0 Å². The number of esters is 1. The van der Waals surface area contributed by atoms with Crippen molar-refractivity contribution in [2.75, 3.05) is 6.61 Å². The van der Waals surface area contributed by atoms with Crippen LogP contribution >= 0.6 is 0 Å². The fourth-order valence-corrected chi connectivity index (χ4v) is 1.92. The molecular formula is C17H24O2. The van der Waals surface area contributed by atoms with Crippen LogP contribution in [0.1, 0.15) is 43.7 Å². The minimum atomic E-state index is -0.216. The second-order valence-corrected chi connectivity index (χ2v) is 5.03. The average molecular weight is 260 g/mol. The summed E-state index contributed by atoms with van der Waals surface area (Å²) in [5.41, 5.74) is 3.88. The summed E-state index contributed by atoms with van der Waals surface area (Å²) < 4.78 is 4.90. The van der Waals surface area contributed by atoms with Crippen molar-refractivity contribution in [1.29, 1.82) is 0 Å². The first kappa shape index (κ1) is 15.5. The molecule has 0 radical (unpaired) electrons. The van der Waals surface area contributed by atoms with Gasteiger partial charge in [-0.05, 0) is 38.2 Å². The van der Waals surface area contributed by atoms with E-state index < -0.39 is 0 Å². The summed E-state index contributed by atoms with van der Waals surface area (Å²) in [7, 11) is 0. The SMILES string of the molecule is C=C(CCCCc1ccc(C)cc1)CCOC(C)=O. The zero-order valence-electron chi connectivity index (χ0n) is 12.1. The highest BCUT2D eigenvalue weighted by atomic mass is 16.5. The van der Waals surface area contributed by atoms with Crippen molar-refractivity contribution < 1.29 is 9.53 Å². The molecule has 0 heterocycles. The quantitative estimate of drug-likeness (QED) is 0.397. The second-order valence-electron chi connectivity index (χ2n) is 5.03. The lowest BCUT2D eigenvalue weighted by Crippen LogP contribution is -2.01. The summed E-state index contributed by atoms with van der Waals surface area (Å²) in [5, 5.41) is 0. The van der Waals surface area contributed by atoms with Gasteiger partial charge in [0.15, 0.2) is 0 Å². The van der Waals surface area contributed by atoms with Gasteiger partial charge in [-0.2, -0.15) is 0 Å². The van der Waals surface area contributed by atoms with E-state index in [-0.39, 0.29) is 5.97 Å². The number of ether oxygens (including phenoxy) is 1. The molecule has 0 aliphatic heterocycles. The predicted molar refractivity (Wildman–Crippen MR) is 79.1 cm³/mol. The van der Waals surface area contributed by atoms with Crippen LogP contribution in [0.2, 0.25) is 0 Å². The molecular weight excluding hydrogens is 236 g/mol. The molecule has 0 unspecified atom stereocenters. The van der Waals surface area contributed by atoms with Gasteiger partial charge in [0, 0.05) is 13.3 Å². The molecule has 104 valence electrons. The fourth-order valence-electron chi connectivity index (χ4n) is 1.92. The van der Waals surface area contributed by atoms with E-state index in [9.17, 15) is 4.79 Å². The molecule has 0 saturated heterocycles. The van der Waals surface area contributed by atoms with E-state index in [0.29, 0.717) is 6.61 Å². The minimum Gasteiger partial charge on any atom is -0.466 e. The normalized spacial score (nSPS) is 10.2. The van der Waals surface area contributed by atoms with Crippen molar-refractivity contribution in [2.45, 2.75) is 46.0 Å². The first-order chi connectivity index (χ1) is 9.08. The topological polar surface area (TPSA) is 26.3 Å². The maximum Gasteiger partial charge on any atom is 0.302 e. The lowest BCUT2D eigenvalue weighted by atomic mass is 10.0. The zero-order chi connectivity index (χ0) is 14.1. The molecule has 2 heteroatoms. The maximum absolute atomic E-state index is 10.6. The smallest absolute Gasteiger partial charge is 0.302 e. The van der Waals surface area contributed by atoms with Gasteiger partial charge in [0.1, 0.15) is 0 Å². The summed E-state index contributed by atoms with van der Waals surface area (Å²) >= 11 is 0. The first-order valence-corrected chi connectivity index (χ1v) is 6.93. The molecule has 0 N–H and O–H groups in total. The van der Waals surface area contributed by atoms with E-state index >= 15 is 0 Å². The summed E-state index contributed by atoms with van der Waals surface area (Å²) in [5.74, 6) is -0.216. The molecule has 0 saturated carbocycles. The van der Waals surface area contributed by atoms with Crippen LogP contribution in [-0.2, 0) is 16.0 Å². The predicted octanol–water partition coefficient (Wildman–Crippen LogP) is 4.22. The Bertz CT molecular complexity index is 404. The standard InChI is InChI=1S/C17H24O2/c1-14(12-13-19-16(3)18)6-4-5-7-17-10-8-15(2)9-11-17/h8-11H,1,4-7,12-13H2,2-3H3. The van der Waals surface area contributed by atoms with Crippen LogP contribution in [0.15, 0.2) is 36.4 Å². The lowest BCUT2D eigenvalue weighted by molar-refractivity contribution is -0.140. The van der Waals surface area contributed by atoms with Crippen LogP contribution in [0, 0.1) is 6.92 Å². The molecule has 1 aromatic carbocycles. The molecule has 0 aromatic heterocycles. The van der Waals surface area contributed by atoms with Crippen molar-refractivity contribution in [3.05, 3.63) is 47.5 Å². The van der Waals surface area contributed by atoms with Gasteiger partial charge in [0.05, 0.1) is 6.61 Å². The van der Waals surface area contributed by atoms with Crippen LogP contribution in [-0.4, -0.2) is 12.6 Å². The molecule has 0 amide bonds. The fraction of sp³-hybridized carbons (Fsp3) is 0.471. The van der Waals surface area contributed by atoms with Gasteiger partial charge in [0.2, 0.25) is 0 Å². The molecule has 0 aliphatic rings. The largest absolute Gasteiger partial charge is 0.466 e. The van der Waals surface area contributed by atoms with Crippen LogP contribution in [0.4, 0.5) is 0 Å². The maximum atomic E-state index is 10.6. The van der Waals surface area contributed by atoms with E-state index in [1.54, 1.807) is 0 Å². The highest BCUT2D eigenvalue weighted by molar-refractivity contribution is 5.65. The Hall–Kier alpha value is -1.57. The number of carbonyl (C=O) groups is 1. The molecule has 0 spiro atoms. The van der Waals surface area contributed by atoms with Gasteiger partial charge >= 0.3 is 5.97 Å². The number of rotatable bonds is 8. The van der Waals surface area contributed by atoms with Gasteiger partial charge in [0.25, 0.3) is 0 Å². The Balaban J connectivity index is 2.08. The Kier molecular flexibility index (Phi) is 6.94. The third kappa shape index (κ3) is 7.45. The second kappa shape index (κ2) is 8.52. The van der Waals surface area contributed by atoms with Crippen molar-refractivity contribution in [3.63, 3.8) is 0 Å². The molecule has 0 fully saturated rings. The van der Waals surface area contributed by atoms with Crippen LogP contribution in [0.3, 0.4) is 0 Å². The highest BCUT2D eigenvalue weighted by Gasteiger charge is 1.99. The zero-order valence-corrected chi connectivity index (χ0v) is 12.1. The van der Waals surface area contributed by atoms with Crippen molar-refractivity contribution in [3.8, 4) is 0 Å². The third-order valence-corrected chi connectivity index (χ3v) is 3.13. The summed E-state index contributed by atoms with van der Waals surface area (Å²) in [6.45, 7) is 8.02. The molecule has 2 nitrogen and oxygen atoms in total. The van der Waals surface area contributed by atoms with E-state index in [2.05, 4.69) is 37.8 Å². The Morgan fingerprint density at radius 2 is 1.84 bits per heavy atom. The van der Waals surface area contributed by atoms with Gasteiger partial charge < -0.3 is 4.74 Å². The number of aryl methyl sites for hydroxylation is 2. The van der Waals surface area contributed by atoms with Crippen molar-refractivity contribution >= 4 is 5.97 Å². The number of hydrogen-bond donors (Lipinski definition) is 0. The van der Waals surface area contributed by atoms with Crippen molar-refractivity contribution in [2.24, 2.45) is 0 Å². The molecule has 1 aromatic rings. The number of unbranched alkanes of at least 4 members (excludes halogenated alkanes) is 1. The summed E-state index contributed by atoms with van der Waals surface area (Å²) in [4.78, 5) is 10.6. The lowest BCUT2D eigenvalue weighted by Gasteiger charge is -2.06. The highest BCUT2D eigenvalue weighted by Crippen LogP contribution is 2.13. The number of benzene rings is 1. The average Bonchev–Trinajstić information content (AvgIpc) is 2.36. The Morgan fingerprint density at radius 3 is 2.47 bits per heavy atom. The first-order valence-electron chi connectivity index (χ1n) is 6.93. The Morgan fingerprint density at radius 1 is 1.16 bits per heavy atom.